The summed E-state index contributed by atoms with van der Waals surface area (Å²) >= 11 is 3.24. The van der Waals surface area contributed by atoms with Gasteiger partial charge in [0.05, 0.1) is 11.9 Å². The Morgan fingerprint density at radius 1 is 1.17 bits per heavy atom. The quantitative estimate of drug-likeness (QED) is 0.751. The van der Waals surface area contributed by atoms with Gasteiger partial charge in [0.1, 0.15) is 5.82 Å². The number of rotatable bonds is 4. The van der Waals surface area contributed by atoms with Crippen molar-refractivity contribution in [2.45, 2.75) is 13.0 Å². The number of fused-ring (bicyclic) bond motifs is 1. The van der Waals surface area contributed by atoms with Crippen molar-refractivity contribution in [3.8, 4) is 0 Å². The molecule has 0 spiro atoms. The number of pyridine rings is 1. The first kappa shape index (κ1) is 15.6. The second-order valence-corrected chi connectivity index (χ2v) is 6.14. The summed E-state index contributed by atoms with van der Waals surface area (Å²) in [5.74, 6) is -0.453. The van der Waals surface area contributed by atoms with E-state index in [0.29, 0.717) is 10.0 Å². The molecule has 1 aromatic heterocycles. The van der Waals surface area contributed by atoms with Gasteiger partial charge in [-0.15, -0.1) is 0 Å². The van der Waals surface area contributed by atoms with Crippen LogP contribution in [-0.2, 0) is 17.8 Å². The van der Waals surface area contributed by atoms with Gasteiger partial charge in [0.25, 0.3) is 0 Å². The van der Waals surface area contributed by atoms with Crippen LogP contribution in [0.3, 0.4) is 0 Å². The summed E-state index contributed by atoms with van der Waals surface area (Å²) in [6.07, 6.45) is 1.96. The number of hydrogen-bond donors (Lipinski definition) is 1. The minimum absolute atomic E-state index is 0.122. The van der Waals surface area contributed by atoms with Crippen molar-refractivity contribution >= 4 is 32.7 Å². The fraction of sp³-hybridized carbons (Fsp3) is 0.111. The van der Waals surface area contributed by atoms with E-state index in [1.54, 1.807) is 12.3 Å². The molecular formula is C18H14BrFN2O. The van der Waals surface area contributed by atoms with E-state index in [0.717, 1.165) is 16.5 Å². The van der Waals surface area contributed by atoms with Crippen molar-refractivity contribution in [3.63, 3.8) is 0 Å². The normalized spacial score (nSPS) is 10.7. The number of amides is 1. The van der Waals surface area contributed by atoms with E-state index in [-0.39, 0.29) is 24.7 Å². The molecule has 0 aliphatic carbocycles. The Morgan fingerprint density at radius 3 is 2.83 bits per heavy atom. The summed E-state index contributed by atoms with van der Waals surface area (Å²) in [4.78, 5) is 16.5. The first-order valence-corrected chi connectivity index (χ1v) is 7.95. The Morgan fingerprint density at radius 2 is 2.00 bits per heavy atom. The van der Waals surface area contributed by atoms with Crippen LogP contribution in [0.2, 0.25) is 0 Å². The van der Waals surface area contributed by atoms with E-state index in [4.69, 9.17) is 0 Å². The molecule has 0 atom stereocenters. The highest BCUT2D eigenvalue weighted by molar-refractivity contribution is 9.10. The lowest BCUT2D eigenvalue weighted by atomic mass is 10.1. The van der Waals surface area contributed by atoms with Gasteiger partial charge in [0.15, 0.2) is 0 Å². The summed E-state index contributed by atoms with van der Waals surface area (Å²) in [5.41, 5.74) is 2.42. The summed E-state index contributed by atoms with van der Waals surface area (Å²) in [6.45, 7) is 0.285. The zero-order valence-electron chi connectivity index (χ0n) is 12.2. The Hall–Kier alpha value is -2.27. The van der Waals surface area contributed by atoms with Crippen molar-refractivity contribution in [2.75, 3.05) is 0 Å². The molecule has 0 radical (unpaired) electrons. The average molecular weight is 373 g/mol. The maximum absolute atomic E-state index is 13.3. The van der Waals surface area contributed by atoms with Crippen molar-refractivity contribution in [1.82, 2.24) is 10.3 Å². The molecule has 3 rings (SSSR count). The molecule has 0 unspecified atom stereocenters. The highest BCUT2D eigenvalue weighted by atomic mass is 79.9. The van der Waals surface area contributed by atoms with Crippen LogP contribution in [-0.4, -0.2) is 10.9 Å². The van der Waals surface area contributed by atoms with Gasteiger partial charge in [-0.25, -0.2) is 4.39 Å². The van der Waals surface area contributed by atoms with Crippen LogP contribution in [0, 0.1) is 5.82 Å². The number of halogens is 2. The monoisotopic (exact) mass is 372 g/mol. The van der Waals surface area contributed by atoms with E-state index in [1.807, 2.05) is 30.3 Å². The summed E-state index contributed by atoms with van der Waals surface area (Å²) < 4.78 is 14.0. The second kappa shape index (κ2) is 6.87. The van der Waals surface area contributed by atoms with Crippen LogP contribution in [0.4, 0.5) is 4.39 Å². The maximum Gasteiger partial charge on any atom is 0.224 e. The SMILES string of the molecule is O=C(Cc1cccc2cccnc12)NCc1cc(F)cc(Br)c1. The molecule has 3 aromatic rings. The Balaban J connectivity index is 1.69. The van der Waals surface area contributed by atoms with Crippen LogP contribution in [0.1, 0.15) is 11.1 Å². The van der Waals surface area contributed by atoms with E-state index in [2.05, 4.69) is 26.2 Å². The van der Waals surface area contributed by atoms with Gasteiger partial charge in [-0.1, -0.05) is 40.2 Å². The minimum Gasteiger partial charge on any atom is -0.352 e. The fourth-order valence-electron chi connectivity index (χ4n) is 2.46. The number of aromatic nitrogens is 1. The van der Waals surface area contributed by atoms with E-state index >= 15 is 0 Å². The molecule has 0 aliphatic heterocycles. The van der Waals surface area contributed by atoms with Crippen LogP contribution in [0.25, 0.3) is 10.9 Å². The molecule has 2 aromatic carbocycles. The molecule has 3 nitrogen and oxygen atoms in total. The van der Waals surface area contributed by atoms with E-state index in [1.165, 1.54) is 12.1 Å². The zero-order chi connectivity index (χ0) is 16.2. The lowest BCUT2D eigenvalue weighted by Gasteiger charge is -2.08. The first-order chi connectivity index (χ1) is 11.1. The van der Waals surface area contributed by atoms with Gasteiger partial charge in [-0.2, -0.15) is 0 Å². The van der Waals surface area contributed by atoms with Gasteiger partial charge >= 0.3 is 0 Å². The molecule has 1 N–H and O–H groups in total. The smallest absolute Gasteiger partial charge is 0.224 e. The zero-order valence-corrected chi connectivity index (χ0v) is 13.8. The average Bonchev–Trinajstić information content (AvgIpc) is 2.52. The van der Waals surface area contributed by atoms with E-state index < -0.39 is 0 Å². The molecular weight excluding hydrogens is 359 g/mol. The number of nitrogens with one attached hydrogen (secondary N) is 1. The first-order valence-electron chi connectivity index (χ1n) is 7.16. The van der Waals surface area contributed by atoms with Crippen molar-refractivity contribution in [1.29, 1.82) is 0 Å². The van der Waals surface area contributed by atoms with Crippen LogP contribution < -0.4 is 5.32 Å². The predicted octanol–water partition coefficient (Wildman–Crippen LogP) is 4.00. The Labute approximate surface area is 141 Å². The molecule has 0 bridgehead atoms. The third-order valence-corrected chi connectivity index (χ3v) is 3.94. The third kappa shape index (κ3) is 3.93. The largest absolute Gasteiger partial charge is 0.352 e. The predicted molar refractivity (Wildman–Crippen MR) is 91.4 cm³/mol. The van der Waals surface area contributed by atoms with Crippen molar-refractivity contribution in [2.24, 2.45) is 0 Å². The van der Waals surface area contributed by atoms with Gasteiger partial charge in [0, 0.05) is 22.6 Å². The number of hydrogen-bond acceptors (Lipinski definition) is 2. The van der Waals surface area contributed by atoms with Gasteiger partial charge < -0.3 is 5.32 Å². The summed E-state index contributed by atoms with van der Waals surface area (Å²) in [7, 11) is 0. The summed E-state index contributed by atoms with van der Waals surface area (Å²) in [5, 5.41) is 3.82. The highest BCUT2D eigenvalue weighted by Crippen LogP contribution is 2.17. The standard InChI is InChI=1S/C18H14BrFN2O/c19-15-7-12(8-16(20)10-15)11-22-17(23)9-14-4-1-3-13-5-2-6-21-18(13)14/h1-8,10H,9,11H2,(H,22,23). The van der Waals surface area contributed by atoms with E-state index in [9.17, 15) is 9.18 Å². The fourth-order valence-corrected chi connectivity index (χ4v) is 2.97. The van der Waals surface area contributed by atoms with Gasteiger partial charge in [-0.05, 0) is 35.4 Å². The summed E-state index contributed by atoms with van der Waals surface area (Å²) in [6, 6.07) is 14.2. The van der Waals surface area contributed by atoms with Crippen molar-refractivity contribution < 1.29 is 9.18 Å². The highest BCUT2D eigenvalue weighted by Gasteiger charge is 2.08. The number of para-hydroxylation sites is 1. The molecule has 0 saturated heterocycles. The lowest BCUT2D eigenvalue weighted by molar-refractivity contribution is -0.120. The molecule has 1 amide bonds. The Bertz CT molecular complexity index is 841. The topological polar surface area (TPSA) is 42.0 Å². The number of carbonyl (C=O) groups is 1. The van der Waals surface area contributed by atoms with Gasteiger partial charge in [0.2, 0.25) is 5.91 Å². The third-order valence-electron chi connectivity index (χ3n) is 3.48. The number of carbonyl (C=O) groups excluding carboxylic acids is 1. The number of benzene rings is 2. The van der Waals surface area contributed by atoms with Gasteiger partial charge in [-0.3, -0.25) is 9.78 Å². The minimum atomic E-state index is -0.332. The van der Waals surface area contributed by atoms with Crippen LogP contribution in [0.15, 0.2) is 59.2 Å². The van der Waals surface area contributed by atoms with Crippen LogP contribution >= 0.6 is 15.9 Å². The Kier molecular flexibility index (Phi) is 4.67. The molecule has 0 saturated carbocycles. The molecule has 0 aliphatic rings. The molecule has 1 heterocycles. The number of nitrogens with zero attached hydrogens (tertiary/aromatic N) is 1. The molecule has 5 heteroatoms. The molecule has 0 fully saturated rings. The van der Waals surface area contributed by atoms with Crippen LogP contribution in [0.5, 0.6) is 0 Å². The molecule has 23 heavy (non-hydrogen) atoms. The molecule has 116 valence electrons. The second-order valence-electron chi connectivity index (χ2n) is 5.22. The van der Waals surface area contributed by atoms with Crippen molar-refractivity contribution in [3.05, 3.63) is 76.1 Å². The maximum atomic E-state index is 13.3. The lowest BCUT2D eigenvalue weighted by Crippen LogP contribution is -2.24.